The van der Waals surface area contributed by atoms with Gasteiger partial charge in [-0.25, -0.2) is 0 Å². The average Bonchev–Trinajstić information content (AvgIpc) is 2.43. The summed E-state index contributed by atoms with van der Waals surface area (Å²) in [5.41, 5.74) is 0. The van der Waals surface area contributed by atoms with Gasteiger partial charge >= 0.3 is 0 Å². The van der Waals surface area contributed by atoms with Crippen molar-refractivity contribution in [3.8, 4) is 0 Å². The molecule has 0 saturated heterocycles. The lowest BCUT2D eigenvalue weighted by Crippen LogP contribution is -2.32. The first-order chi connectivity index (χ1) is 9.13. The van der Waals surface area contributed by atoms with Crippen LogP contribution >= 0.6 is 0 Å². The maximum absolute atomic E-state index is 9.48. The van der Waals surface area contributed by atoms with Gasteiger partial charge in [-0.2, -0.15) is 0 Å². The Labute approximate surface area is 118 Å². The third-order valence-electron chi connectivity index (χ3n) is 5.91. The Balaban J connectivity index is 1.81. The summed E-state index contributed by atoms with van der Waals surface area (Å²) in [6, 6.07) is 0. The summed E-state index contributed by atoms with van der Waals surface area (Å²) in [6.45, 7) is 5.02. The van der Waals surface area contributed by atoms with Crippen LogP contribution in [0.5, 0.6) is 0 Å². The van der Waals surface area contributed by atoms with Crippen molar-refractivity contribution >= 4 is 0 Å². The molecule has 0 radical (unpaired) electrons. The maximum atomic E-state index is 9.48. The minimum Gasteiger partial charge on any atom is -0.396 e. The lowest BCUT2D eigenvalue weighted by Gasteiger charge is -2.38. The molecule has 0 bridgehead atoms. The molecule has 2 rings (SSSR count). The number of aliphatic hydroxyl groups is 1. The molecule has 2 heteroatoms. The van der Waals surface area contributed by atoms with Crippen LogP contribution in [0.2, 0.25) is 0 Å². The third-order valence-corrected chi connectivity index (χ3v) is 5.91. The summed E-state index contributed by atoms with van der Waals surface area (Å²) in [4.78, 5) is 0. The summed E-state index contributed by atoms with van der Waals surface area (Å²) in [5.74, 6) is 3.72. The number of hydrogen-bond acceptors (Lipinski definition) is 2. The van der Waals surface area contributed by atoms with E-state index in [1.54, 1.807) is 0 Å². The Bertz CT molecular complexity index is 240. The molecule has 2 aliphatic rings. The van der Waals surface area contributed by atoms with E-state index in [0.29, 0.717) is 18.6 Å². The van der Waals surface area contributed by atoms with E-state index in [1.165, 1.54) is 44.9 Å². The van der Waals surface area contributed by atoms with Crippen LogP contribution in [0.1, 0.15) is 58.8 Å². The normalized spacial score (nSPS) is 44.2. The summed E-state index contributed by atoms with van der Waals surface area (Å²) in [5, 5.41) is 9.48. The third kappa shape index (κ3) is 3.95. The highest BCUT2D eigenvalue weighted by molar-refractivity contribution is 4.83. The van der Waals surface area contributed by atoms with Gasteiger partial charge in [-0.05, 0) is 61.7 Å². The van der Waals surface area contributed by atoms with Crippen molar-refractivity contribution in [1.82, 2.24) is 0 Å². The highest BCUT2D eigenvalue weighted by atomic mass is 16.5. The van der Waals surface area contributed by atoms with Crippen LogP contribution in [-0.4, -0.2) is 24.9 Å². The van der Waals surface area contributed by atoms with Crippen molar-refractivity contribution in [2.45, 2.75) is 64.9 Å². The SMILES string of the molecule is COC1CC(CC2CCC(C)C(CO)C2)CCC1C. The van der Waals surface area contributed by atoms with Crippen molar-refractivity contribution in [2.24, 2.45) is 29.6 Å². The van der Waals surface area contributed by atoms with Crippen LogP contribution in [-0.2, 0) is 4.74 Å². The van der Waals surface area contributed by atoms with Crippen molar-refractivity contribution in [3.63, 3.8) is 0 Å². The van der Waals surface area contributed by atoms with Gasteiger partial charge < -0.3 is 9.84 Å². The zero-order valence-electron chi connectivity index (χ0n) is 13.0. The summed E-state index contributed by atoms with van der Waals surface area (Å²) < 4.78 is 5.64. The molecule has 0 spiro atoms. The van der Waals surface area contributed by atoms with Gasteiger partial charge in [0.1, 0.15) is 0 Å². The van der Waals surface area contributed by atoms with Crippen molar-refractivity contribution in [2.75, 3.05) is 13.7 Å². The van der Waals surface area contributed by atoms with Gasteiger partial charge in [-0.3, -0.25) is 0 Å². The van der Waals surface area contributed by atoms with Gasteiger partial charge in [0.2, 0.25) is 0 Å². The fraction of sp³-hybridized carbons (Fsp3) is 1.00. The Morgan fingerprint density at radius 2 is 1.58 bits per heavy atom. The number of methoxy groups -OCH3 is 1. The molecule has 6 atom stereocenters. The van der Waals surface area contributed by atoms with Crippen LogP contribution < -0.4 is 0 Å². The van der Waals surface area contributed by atoms with Crippen LogP contribution in [0.3, 0.4) is 0 Å². The predicted octanol–water partition coefficient (Wildman–Crippen LogP) is 3.87. The Hall–Kier alpha value is -0.0800. The maximum Gasteiger partial charge on any atom is 0.0599 e. The number of ether oxygens (including phenoxy) is 1. The van der Waals surface area contributed by atoms with E-state index in [2.05, 4.69) is 13.8 Å². The van der Waals surface area contributed by atoms with Crippen molar-refractivity contribution in [1.29, 1.82) is 0 Å². The van der Waals surface area contributed by atoms with Crippen LogP contribution in [0, 0.1) is 29.6 Å². The largest absolute Gasteiger partial charge is 0.396 e. The van der Waals surface area contributed by atoms with Crippen molar-refractivity contribution < 1.29 is 9.84 Å². The molecular weight excluding hydrogens is 236 g/mol. The summed E-state index contributed by atoms with van der Waals surface area (Å²) in [6.07, 6.45) is 9.76. The van der Waals surface area contributed by atoms with E-state index in [1.807, 2.05) is 7.11 Å². The first kappa shape index (κ1) is 15.3. The van der Waals surface area contributed by atoms with E-state index >= 15 is 0 Å². The predicted molar refractivity (Wildman–Crippen MR) is 79.0 cm³/mol. The monoisotopic (exact) mass is 268 g/mol. The molecule has 6 unspecified atom stereocenters. The van der Waals surface area contributed by atoms with Crippen LogP contribution in [0.15, 0.2) is 0 Å². The molecule has 19 heavy (non-hydrogen) atoms. The fourth-order valence-corrected chi connectivity index (χ4v) is 4.36. The molecule has 112 valence electrons. The van der Waals surface area contributed by atoms with Gasteiger partial charge in [-0.1, -0.05) is 26.7 Å². The van der Waals surface area contributed by atoms with Gasteiger partial charge in [0.15, 0.2) is 0 Å². The fourth-order valence-electron chi connectivity index (χ4n) is 4.36. The summed E-state index contributed by atoms with van der Waals surface area (Å²) >= 11 is 0. The average molecular weight is 268 g/mol. The van der Waals surface area contributed by atoms with Crippen molar-refractivity contribution in [3.05, 3.63) is 0 Å². The molecule has 0 amide bonds. The molecular formula is C17H32O2. The number of rotatable bonds is 4. The van der Waals surface area contributed by atoms with Gasteiger partial charge in [0.25, 0.3) is 0 Å². The second-order valence-electron chi connectivity index (χ2n) is 7.27. The lowest BCUT2D eigenvalue weighted by molar-refractivity contribution is 0.00318. The zero-order chi connectivity index (χ0) is 13.8. The molecule has 0 aliphatic heterocycles. The Morgan fingerprint density at radius 1 is 0.947 bits per heavy atom. The van der Waals surface area contributed by atoms with Gasteiger partial charge in [0, 0.05) is 13.7 Å². The Kier molecular flexibility index (Phi) is 5.70. The van der Waals surface area contributed by atoms with Crippen LogP contribution in [0.4, 0.5) is 0 Å². The second kappa shape index (κ2) is 7.08. The van der Waals surface area contributed by atoms with Gasteiger partial charge in [0.05, 0.1) is 6.10 Å². The molecule has 1 N–H and O–H groups in total. The molecule has 2 nitrogen and oxygen atoms in total. The highest BCUT2D eigenvalue weighted by Crippen LogP contribution is 2.40. The molecule has 0 aromatic heterocycles. The van der Waals surface area contributed by atoms with Gasteiger partial charge in [-0.15, -0.1) is 0 Å². The van der Waals surface area contributed by atoms with E-state index < -0.39 is 0 Å². The van der Waals surface area contributed by atoms with Crippen LogP contribution in [0.25, 0.3) is 0 Å². The van der Waals surface area contributed by atoms with E-state index in [4.69, 9.17) is 4.74 Å². The number of aliphatic hydroxyl groups excluding tert-OH is 1. The standard InChI is InChI=1S/C17H32O2/c1-12-4-6-14(9-16(12)11-18)8-15-7-5-13(2)17(10-15)19-3/h12-18H,4-11H2,1-3H3. The first-order valence-electron chi connectivity index (χ1n) is 8.27. The molecule has 2 aliphatic carbocycles. The quantitative estimate of drug-likeness (QED) is 0.838. The smallest absolute Gasteiger partial charge is 0.0599 e. The minimum atomic E-state index is 0.389. The molecule has 0 aromatic rings. The zero-order valence-corrected chi connectivity index (χ0v) is 13.0. The molecule has 0 aromatic carbocycles. The highest BCUT2D eigenvalue weighted by Gasteiger charge is 2.32. The number of hydrogen-bond donors (Lipinski definition) is 1. The molecule has 0 heterocycles. The molecule has 2 fully saturated rings. The first-order valence-corrected chi connectivity index (χ1v) is 8.27. The minimum absolute atomic E-state index is 0.389. The second-order valence-corrected chi connectivity index (χ2v) is 7.27. The van der Waals surface area contributed by atoms with E-state index in [-0.39, 0.29) is 0 Å². The lowest BCUT2D eigenvalue weighted by atomic mass is 9.69. The topological polar surface area (TPSA) is 29.5 Å². The van der Waals surface area contributed by atoms with E-state index in [0.717, 1.165) is 23.7 Å². The van der Waals surface area contributed by atoms with E-state index in [9.17, 15) is 5.11 Å². The summed E-state index contributed by atoms with van der Waals surface area (Å²) in [7, 11) is 1.87. The molecule has 2 saturated carbocycles. The Morgan fingerprint density at radius 3 is 2.21 bits per heavy atom.